The average molecular weight is 138 g/mol. The van der Waals surface area contributed by atoms with Gasteiger partial charge in [-0.3, -0.25) is 15.6 Å². The van der Waals surface area contributed by atoms with Crippen molar-refractivity contribution in [1.82, 2.24) is 10.8 Å². The van der Waals surface area contributed by atoms with Crippen LogP contribution in [0.5, 0.6) is 0 Å². The van der Waals surface area contributed by atoms with Gasteiger partial charge in [-0.15, -0.1) is 0 Å². The number of nitrogens with one attached hydrogen (secondary N) is 2. The van der Waals surface area contributed by atoms with E-state index in [1.807, 2.05) is 12.2 Å². The van der Waals surface area contributed by atoms with Crippen molar-refractivity contribution < 1.29 is 4.84 Å². The second-order valence-corrected chi connectivity index (χ2v) is 2.43. The first-order chi connectivity index (χ1) is 4.97. The Bertz CT molecular complexity index is 186. The third-order valence-corrected chi connectivity index (χ3v) is 1.75. The number of rotatable bonds is 0. The summed E-state index contributed by atoms with van der Waals surface area (Å²) in [4.78, 5) is 4.98. The summed E-state index contributed by atoms with van der Waals surface area (Å²) in [6.45, 7) is 0.593. The normalized spacial score (nSPS) is 30.4. The van der Waals surface area contributed by atoms with Crippen LogP contribution in [0.25, 0.3) is 0 Å². The second-order valence-electron chi connectivity index (χ2n) is 2.43. The Morgan fingerprint density at radius 1 is 1.60 bits per heavy atom. The van der Waals surface area contributed by atoms with Gasteiger partial charge < -0.3 is 0 Å². The molecule has 0 radical (unpaired) electrons. The van der Waals surface area contributed by atoms with Crippen LogP contribution in [0.15, 0.2) is 23.9 Å². The fourth-order valence-electron chi connectivity index (χ4n) is 1.19. The van der Waals surface area contributed by atoms with Crippen LogP contribution >= 0.6 is 0 Å². The summed E-state index contributed by atoms with van der Waals surface area (Å²) < 4.78 is 0. The molecule has 2 N–H and O–H groups in total. The molecule has 0 saturated carbocycles. The summed E-state index contributed by atoms with van der Waals surface area (Å²) in [6, 6.07) is 0.443. The van der Waals surface area contributed by atoms with Crippen LogP contribution in [0, 0.1) is 0 Å². The van der Waals surface area contributed by atoms with Gasteiger partial charge in [0.1, 0.15) is 6.73 Å². The van der Waals surface area contributed by atoms with Gasteiger partial charge >= 0.3 is 0 Å². The van der Waals surface area contributed by atoms with Gasteiger partial charge in [0, 0.05) is 0 Å². The largest absolute Gasteiger partial charge is 0.284 e. The Balaban J connectivity index is 2.14. The minimum absolute atomic E-state index is 0.443. The van der Waals surface area contributed by atoms with Crippen LogP contribution in [0.4, 0.5) is 0 Å². The molecule has 0 spiro atoms. The lowest BCUT2D eigenvalue weighted by molar-refractivity contribution is 0.0122. The standard InChI is InChI=1S/C7H10N2O/c1-2-4-7-6(3-1)8-5-10-9-7/h1-2,4,6,8-9H,3,5H2. The minimum atomic E-state index is 0.443. The molecule has 1 fully saturated rings. The molecular formula is C7H10N2O. The van der Waals surface area contributed by atoms with Crippen LogP contribution in [0.3, 0.4) is 0 Å². The molecule has 54 valence electrons. The first kappa shape index (κ1) is 5.95. The molecule has 1 aliphatic heterocycles. The van der Waals surface area contributed by atoms with Crippen molar-refractivity contribution in [3.05, 3.63) is 23.9 Å². The number of hydrogen-bond acceptors (Lipinski definition) is 3. The molecule has 0 aromatic rings. The summed E-state index contributed by atoms with van der Waals surface area (Å²) in [5.41, 5.74) is 4.00. The topological polar surface area (TPSA) is 33.3 Å². The summed E-state index contributed by atoms with van der Waals surface area (Å²) in [5, 5.41) is 3.22. The van der Waals surface area contributed by atoms with Crippen LogP contribution in [0.1, 0.15) is 6.42 Å². The van der Waals surface area contributed by atoms with Crippen molar-refractivity contribution >= 4 is 0 Å². The van der Waals surface area contributed by atoms with Gasteiger partial charge in [0.05, 0.1) is 11.7 Å². The van der Waals surface area contributed by atoms with E-state index in [1.54, 1.807) is 0 Å². The number of hydroxylamine groups is 1. The summed E-state index contributed by atoms with van der Waals surface area (Å²) in [7, 11) is 0. The molecular weight excluding hydrogens is 128 g/mol. The summed E-state index contributed by atoms with van der Waals surface area (Å²) in [6.07, 6.45) is 7.27. The lowest BCUT2D eigenvalue weighted by Crippen LogP contribution is -2.45. The summed E-state index contributed by atoms with van der Waals surface area (Å²) in [5.74, 6) is 0. The number of fused-ring (bicyclic) bond motifs is 1. The Morgan fingerprint density at radius 3 is 3.50 bits per heavy atom. The van der Waals surface area contributed by atoms with E-state index in [4.69, 9.17) is 4.84 Å². The predicted octanol–water partition coefficient (Wildman–Crippen LogP) is 0.281. The molecule has 3 heteroatoms. The van der Waals surface area contributed by atoms with Gasteiger partial charge in [-0.05, 0) is 12.5 Å². The molecule has 0 amide bonds. The molecule has 0 bridgehead atoms. The van der Waals surface area contributed by atoms with E-state index in [0.717, 1.165) is 12.1 Å². The molecule has 0 aromatic carbocycles. The van der Waals surface area contributed by atoms with Crippen LogP contribution in [-0.2, 0) is 4.84 Å². The van der Waals surface area contributed by atoms with Crippen molar-refractivity contribution in [2.24, 2.45) is 0 Å². The fourth-order valence-corrected chi connectivity index (χ4v) is 1.19. The van der Waals surface area contributed by atoms with Crippen molar-refractivity contribution in [3.63, 3.8) is 0 Å². The molecule has 1 heterocycles. The summed E-state index contributed by atoms with van der Waals surface area (Å²) >= 11 is 0. The Morgan fingerprint density at radius 2 is 2.60 bits per heavy atom. The van der Waals surface area contributed by atoms with E-state index in [1.165, 1.54) is 0 Å². The monoisotopic (exact) mass is 138 g/mol. The van der Waals surface area contributed by atoms with Gasteiger partial charge in [0.25, 0.3) is 0 Å². The van der Waals surface area contributed by atoms with Crippen molar-refractivity contribution in [1.29, 1.82) is 0 Å². The zero-order chi connectivity index (χ0) is 6.81. The predicted molar refractivity (Wildman–Crippen MR) is 37.9 cm³/mol. The van der Waals surface area contributed by atoms with E-state index in [2.05, 4.69) is 16.9 Å². The molecule has 0 aromatic heterocycles. The molecule has 3 nitrogen and oxygen atoms in total. The van der Waals surface area contributed by atoms with E-state index in [-0.39, 0.29) is 0 Å². The maximum atomic E-state index is 4.98. The average Bonchev–Trinajstić information content (AvgIpc) is 2.05. The van der Waals surface area contributed by atoms with Crippen LogP contribution in [-0.4, -0.2) is 12.8 Å². The fraction of sp³-hybridized carbons (Fsp3) is 0.429. The zero-order valence-corrected chi connectivity index (χ0v) is 5.63. The lowest BCUT2D eigenvalue weighted by atomic mass is 10.1. The highest BCUT2D eigenvalue weighted by Gasteiger charge is 2.17. The highest BCUT2D eigenvalue weighted by molar-refractivity contribution is 5.22. The van der Waals surface area contributed by atoms with Crippen LogP contribution < -0.4 is 10.8 Å². The van der Waals surface area contributed by atoms with E-state index in [9.17, 15) is 0 Å². The van der Waals surface area contributed by atoms with Gasteiger partial charge in [-0.1, -0.05) is 12.2 Å². The smallest absolute Gasteiger partial charge is 0.125 e. The second kappa shape index (κ2) is 2.44. The van der Waals surface area contributed by atoms with Gasteiger partial charge in [-0.25, -0.2) is 0 Å². The van der Waals surface area contributed by atoms with E-state index in [0.29, 0.717) is 12.8 Å². The maximum absolute atomic E-state index is 4.98. The molecule has 2 aliphatic rings. The van der Waals surface area contributed by atoms with Crippen molar-refractivity contribution in [2.75, 3.05) is 6.73 Å². The van der Waals surface area contributed by atoms with Crippen molar-refractivity contribution in [3.8, 4) is 0 Å². The third-order valence-electron chi connectivity index (χ3n) is 1.75. The Labute approximate surface area is 59.7 Å². The Kier molecular flexibility index (Phi) is 1.45. The minimum Gasteiger partial charge on any atom is -0.284 e. The molecule has 1 unspecified atom stereocenters. The first-order valence-electron chi connectivity index (χ1n) is 3.45. The maximum Gasteiger partial charge on any atom is 0.125 e. The van der Waals surface area contributed by atoms with E-state index >= 15 is 0 Å². The molecule has 10 heavy (non-hydrogen) atoms. The highest BCUT2D eigenvalue weighted by atomic mass is 16.7. The van der Waals surface area contributed by atoms with Crippen LogP contribution in [0.2, 0.25) is 0 Å². The molecule has 1 atom stereocenters. The first-order valence-corrected chi connectivity index (χ1v) is 3.45. The number of allylic oxidation sites excluding steroid dienone is 2. The lowest BCUT2D eigenvalue weighted by Gasteiger charge is -2.28. The van der Waals surface area contributed by atoms with Crippen molar-refractivity contribution in [2.45, 2.75) is 12.5 Å². The quantitative estimate of drug-likeness (QED) is 0.504. The number of hydrogen-bond donors (Lipinski definition) is 2. The highest BCUT2D eigenvalue weighted by Crippen LogP contribution is 2.12. The van der Waals surface area contributed by atoms with Gasteiger partial charge in [-0.2, -0.15) is 0 Å². The molecule has 2 rings (SSSR count). The zero-order valence-electron chi connectivity index (χ0n) is 5.63. The third kappa shape index (κ3) is 0.936. The van der Waals surface area contributed by atoms with E-state index < -0.39 is 0 Å². The Hall–Kier alpha value is -0.800. The molecule has 1 saturated heterocycles. The SMILES string of the molecule is C1=CCC2NCONC2=C1. The van der Waals surface area contributed by atoms with Gasteiger partial charge in [0.15, 0.2) is 0 Å². The van der Waals surface area contributed by atoms with Gasteiger partial charge in [0.2, 0.25) is 0 Å². The molecule has 1 aliphatic carbocycles.